The number of benzene rings is 3. The van der Waals surface area contributed by atoms with Crippen molar-refractivity contribution >= 4 is 5.91 Å². The lowest BCUT2D eigenvalue weighted by Gasteiger charge is -2.15. The van der Waals surface area contributed by atoms with Crippen LogP contribution in [0.1, 0.15) is 24.1 Å². The van der Waals surface area contributed by atoms with Crippen molar-refractivity contribution in [3.8, 4) is 22.6 Å². The minimum Gasteiger partial charge on any atom is -0.493 e. The lowest BCUT2D eigenvalue weighted by molar-refractivity contribution is -0.120. The van der Waals surface area contributed by atoms with Gasteiger partial charge in [-0.15, -0.1) is 0 Å². The average molecular weight is 419 g/mol. The van der Waals surface area contributed by atoms with E-state index in [1.54, 1.807) is 14.2 Å². The first-order chi connectivity index (χ1) is 15.1. The molecule has 0 aromatic heterocycles. The molecule has 0 bridgehead atoms. The van der Waals surface area contributed by atoms with Gasteiger partial charge in [-0.2, -0.15) is 0 Å². The molecule has 0 radical (unpaired) electrons. The number of nitrogens with one attached hydrogen (secondary N) is 2. The Labute approximate surface area is 184 Å². The first-order valence-electron chi connectivity index (χ1n) is 10.5. The average Bonchev–Trinajstić information content (AvgIpc) is 2.83. The van der Waals surface area contributed by atoms with E-state index in [2.05, 4.69) is 54.0 Å². The van der Waals surface area contributed by atoms with E-state index >= 15 is 0 Å². The van der Waals surface area contributed by atoms with Crippen LogP contribution in [0.4, 0.5) is 0 Å². The molecule has 0 saturated carbocycles. The van der Waals surface area contributed by atoms with Crippen molar-refractivity contribution in [2.45, 2.75) is 19.4 Å². The summed E-state index contributed by atoms with van der Waals surface area (Å²) in [6.07, 6.45) is 0.725. The Morgan fingerprint density at radius 1 is 0.871 bits per heavy atom. The molecule has 2 N–H and O–H groups in total. The molecule has 3 aromatic carbocycles. The van der Waals surface area contributed by atoms with E-state index in [1.165, 1.54) is 11.1 Å². The molecular formula is C26H30N2O3. The Morgan fingerprint density at radius 2 is 1.55 bits per heavy atom. The molecule has 1 amide bonds. The first kappa shape index (κ1) is 22.4. The van der Waals surface area contributed by atoms with Crippen LogP contribution in [0.25, 0.3) is 11.1 Å². The zero-order valence-corrected chi connectivity index (χ0v) is 18.4. The van der Waals surface area contributed by atoms with Gasteiger partial charge in [-0.1, -0.05) is 60.7 Å². The normalized spacial score (nSPS) is 11.6. The number of hydrogen-bond donors (Lipinski definition) is 2. The molecule has 0 aliphatic rings. The van der Waals surface area contributed by atoms with Gasteiger partial charge in [-0.3, -0.25) is 4.79 Å². The van der Waals surface area contributed by atoms with E-state index in [-0.39, 0.29) is 18.5 Å². The zero-order chi connectivity index (χ0) is 22.1. The second-order valence-electron chi connectivity index (χ2n) is 7.38. The molecule has 3 rings (SSSR count). The summed E-state index contributed by atoms with van der Waals surface area (Å²) in [7, 11) is 3.23. The van der Waals surface area contributed by atoms with Gasteiger partial charge in [-0.05, 0) is 47.7 Å². The van der Waals surface area contributed by atoms with Crippen molar-refractivity contribution in [2.75, 3.05) is 27.3 Å². The Bertz CT molecular complexity index is 972. The van der Waals surface area contributed by atoms with Crippen molar-refractivity contribution in [1.82, 2.24) is 10.6 Å². The van der Waals surface area contributed by atoms with E-state index in [0.717, 1.165) is 17.5 Å². The summed E-state index contributed by atoms with van der Waals surface area (Å²) in [6, 6.07) is 24.6. The van der Waals surface area contributed by atoms with Crippen molar-refractivity contribution in [3.05, 3.63) is 83.9 Å². The zero-order valence-electron chi connectivity index (χ0n) is 18.4. The monoisotopic (exact) mass is 418 g/mol. The van der Waals surface area contributed by atoms with E-state index in [4.69, 9.17) is 9.47 Å². The smallest absolute Gasteiger partial charge is 0.233 e. The van der Waals surface area contributed by atoms with Crippen LogP contribution in [0, 0.1) is 0 Å². The number of methoxy groups -OCH3 is 2. The maximum Gasteiger partial charge on any atom is 0.233 e. The highest BCUT2D eigenvalue weighted by molar-refractivity contribution is 5.78. The number of rotatable bonds is 10. The molecule has 0 spiro atoms. The van der Waals surface area contributed by atoms with Crippen molar-refractivity contribution in [1.29, 1.82) is 0 Å². The van der Waals surface area contributed by atoms with Crippen LogP contribution >= 0.6 is 0 Å². The minimum atomic E-state index is -0.0202. The van der Waals surface area contributed by atoms with Crippen molar-refractivity contribution < 1.29 is 14.3 Å². The van der Waals surface area contributed by atoms with E-state index < -0.39 is 0 Å². The highest BCUT2D eigenvalue weighted by Crippen LogP contribution is 2.27. The Balaban J connectivity index is 1.43. The molecule has 0 fully saturated rings. The molecule has 0 unspecified atom stereocenters. The molecule has 5 nitrogen and oxygen atoms in total. The largest absolute Gasteiger partial charge is 0.493 e. The molecule has 1 atom stereocenters. The van der Waals surface area contributed by atoms with Crippen LogP contribution in [0.5, 0.6) is 11.5 Å². The second kappa shape index (κ2) is 11.2. The number of hydrogen-bond acceptors (Lipinski definition) is 4. The number of ether oxygens (including phenoxy) is 2. The van der Waals surface area contributed by atoms with Crippen LogP contribution in [-0.2, 0) is 11.2 Å². The van der Waals surface area contributed by atoms with Gasteiger partial charge in [0.1, 0.15) is 0 Å². The van der Waals surface area contributed by atoms with Gasteiger partial charge < -0.3 is 20.1 Å². The maximum atomic E-state index is 12.2. The summed E-state index contributed by atoms with van der Waals surface area (Å²) in [6.45, 7) is 2.90. The molecule has 31 heavy (non-hydrogen) atoms. The third-order valence-corrected chi connectivity index (χ3v) is 5.27. The summed E-state index contributed by atoms with van der Waals surface area (Å²) in [5, 5.41) is 6.25. The lowest BCUT2D eigenvalue weighted by atomic mass is 10.0. The number of carbonyl (C=O) groups excluding carboxylic acids is 1. The Hall–Kier alpha value is -3.31. The van der Waals surface area contributed by atoms with Gasteiger partial charge in [-0.25, -0.2) is 0 Å². The van der Waals surface area contributed by atoms with E-state index in [0.29, 0.717) is 18.0 Å². The maximum absolute atomic E-state index is 12.2. The molecule has 162 valence electrons. The standard InChI is InChI=1S/C26H30N2O3/c1-19(21-10-12-23(13-11-21)22-7-5-4-6-8-22)28-18-26(29)27-16-15-20-9-14-24(30-2)25(17-20)31-3/h4-14,17,19,28H,15-16,18H2,1-3H3,(H,27,29)/t19-/m0/s1. The van der Waals surface area contributed by atoms with Crippen LogP contribution < -0.4 is 20.1 Å². The Morgan fingerprint density at radius 3 is 2.23 bits per heavy atom. The van der Waals surface area contributed by atoms with E-state index in [1.807, 2.05) is 36.4 Å². The third-order valence-electron chi connectivity index (χ3n) is 5.27. The Kier molecular flexibility index (Phi) is 8.07. The van der Waals surface area contributed by atoms with Gasteiger partial charge in [0.2, 0.25) is 5.91 Å². The summed E-state index contributed by atoms with van der Waals surface area (Å²) in [5.74, 6) is 1.37. The predicted octanol–water partition coefficient (Wildman–Crippen LogP) is 4.38. The fourth-order valence-electron chi connectivity index (χ4n) is 3.40. The van der Waals surface area contributed by atoms with Crippen LogP contribution in [0.2, 0.25) is 0 Å². The number of amides is 1. The fraction of sp³-hybridized carbons (Fsp3) is 0.269. The number of carbonyl (C=O) groups is 1. The highest BCUT2D eigenvalue weighted by Gasteiger charge is 2.09. The molecule has 0 saturated heterocycles. The van der Waals surface area contributed by atoms with Crippen LogP contribution in [0.3, 0.4) is 0 Å². The van der Waals surface area contributed by atoms with Crippen LogP contribution in [0.15, 0.2) is 72.8 Å². The van der Waals surface area contributed by atoms with E-state index in [9.17, 15) is 4.79 Å². The van der Waals surface area contributed by atoms with Gasteiger partial charge in [0.05, 0.1) is 20.8 Å². The predicted molar refractivity (Wildman–Crippen MR) is 125 cm³/mol. The van der Waals surface area contributed by atoms with Gasteiger partial charge in [0.25, 0.3) is 0 Å². The van der Waals surface area contributed by atoms with Gasteiger partial charge >= 0.3 is 0 Å². The molecule has 5 heteroatoms. The van der Waals surface area contributed by atoms with Crippen LogP contribution in [-0.4, -0.2) is 33.2 Å². The first-order valence-corrected chi connectivity index (χ1v) is 10.5. The second-order valence-corrected chi connectivity index (χ2v) is 7.38. The summed E-state index contributed by atoms with van der Waals surface area (Å²) >= 11 is 0. The highest BCUT2D eigenvalue weighted by atomic mass is 16.5. The third kappa shape index (κ3) is 6.33. The summed E-state index contributed by atoms with van der Waals surface area (Å²) in [5.41, 5.74) is 4.61. The molecule has 0 heterocycles. The van der Waals surface area contributed by atoms with Crippen molar-refractivity contribution in [2.24, 2.45) is 0 Å². The molecular weight excluding hydrogens is 388 g/mol. The molecule has 0 aliphatic heterocycles. The summed E-state index contributed by atoms with van der Waals surface area (Å²) in [4.78, 5) is 12.2. The quantitative estimate of drug-likeness (QED) is 0.513. The van der Waals surface area contributed by atoms with Gasteiger partial charge in [0.15, 0.2) is 11.5 Å². The topological polar surface area (TPSA) is 59.6 Å². The fourth-order valence-corrected chi connectivity index (χ4v) is 3.40. The molecule has 0 aliphatic carbocycles. The van der Waals surface area contributed by atoms with Crippen molar-refractivity contribution in [3.63, 3.8) is 0 Å². The SMILES string of the molecule is COc1ccc(CCNC(=O)CN[C@@H](C)c2ccc(-c3ccccc3)cc2)cc1OC. The molecule has 3 aromatic rings. The summed E-state index contributed by atoms with van der Waals surface area (Å²) < 4.78 is 10.6. The lowest BCUT2D eigenvalue weighted by Crippen LogP contribution is -2.36. The minimum absolute atomic E-state index is 0.0202. The van der Waals surface area contributed by atoms with Gasteiger partial charge in [0, 0.05) is 12.6 Å².